The summed E-state index contributed by atoms with van der Waals surface area (Å²) in [6, 6.07) is 0.670. The van der Waals surface area contributed by atoms with E-state index >= 15 is 0 Å². The van der Waals surface area contributed by atoms with Gasteiger partial charge in [0.25, 0.3) is 0 Å². The molecular formula is C15H19N3OU. The van der Waals surface area contributed by atoms with E-state index in [-0.39, 0.29) is 60.9 Å². The van der Waals surface area contributed by atoms with Gasteiger partial charge < -0.3 is 22.3 Å². The van der Waals surface area contributed by atoms with E-state index in [1.165, 1.54) is 6.42 Å². The predicted octanol–water partition coefficient (Wildman–Crippen LogP) is 0.775. The molecule has 3 N–H and O–H groups in total. The molecule has 5 heteroatoms. The van der Waals surface area contributed by atoms with Crippen molar-refractivity contribution in [1.29, 1.82) is 5.41 Å². The molecule has 2 aliphatic heterocycles. The largest absolute Gasteiger partial charge is 2.00 e. The fourth-order valence-corrected chi connectivity index (χ4v) is 4.30. The monoisotopic (exact) mass is 495 g/mol. The van der Waals surface area contributed by atoms with Crippen LogP contribution in [0.3, 0.4) is 0 Å². The Morgan fingerprint density at radius 1 is 1.35 bits per heavy atom. The SMILES string of the molecule is N=[C-]C1CC2NC1[CH-]C2NC(=O)C1CC2C=CC1C2.[U+2]. The number of hydrogen-bond acceptors (Lipinski definition) is 3. The van der Waals surface area contributed by atoms with E-state index < -0.39 is 0 Å². The summed E-state index contributed by atoms with van der Waals surface area (Å²) in [6.07, 6.45) is 12.3. The van der Waals surface area contributed by atoms with Gasteiger partial charge in [0.2, 0.25) is 5.91 Å². The van der Waals surface area contributed by atoms with Gasteiger partial charge in [-0.25, -0.2) is 0 Å². The van der Waals surface area contributed by atoms with Crippen molar-refractivity contribution >= 4 is 12.1 Å². The fraction of sp³-hybridized carbons (Fsp3) is 0.667. The number of fused-ring (bicyclic) bond motifs is 4. The molecule has 2 aliphatic carbocycles. The van der Waals surface area contributed by atoms with Gasteiger partial charge in [0, 0.05) is 5.92 Å². The Morgan fingerprint density at radius 2 is 2.20 bits per heavy atom. The van der Waals surface area contributed by atoms with Crippen LogP contribution in [0.1, 0.15) is 19.3 Å². The molecule has 3 fully saturated rings. The van der Waals surface area contributed by atoms with Crippen LogP contribution in [0.15, 0.2) is 12.2 Å². The zero-order chi connectivity index (χ0) is 13.0. The van der Waals surface area contributed by atoms with Gasteiger partial charge in [-0.1, -0.05) is 24.6 Å². The smallest absolute Gasteiger partial charge is 0.518 e. The van der Waals surface area contributed by atoms with Crippen molar-refractivity contribution in [3.8, 4) is 0 Å². The second kappa shape index (κ2) is 5.59. The molecule has 104 valence electrons. The van der Waals surface area contributed by atoms with E-state index in [1.807, 2.05) is 0 Å². The third-order valence-corrected chi connectivity index (χ3v) is 5.31. The topological polar surface area (TPSA) is 65.0 Å². The summed E-state index contributed by atoms with van der Waals surface area (Å²) < 4.78 is 0. The van der Waals surface area contributed by atoms with Gasteiger partial charge in [-0.15, -0.1) is 6.04 Å². The Balaban J connectivity index is 0.00000121. The van der Waals surface area contributed by atoms with Gasteiger partial charge in [0.05, 0.1) is 0 Å². The van der Waals surface area contributed by atoms with Crippen molar-refractivity contribution in [3.63, 3.8) is 0 Å². The Hall–Kier alpha value is -0.108. The average molecular weight is 495 g/mol. The third kappa shape index (κ3) is 2.32. The summed E-state index contributed by atoms with van der Waals surface area (Å²) >= 11 is 0. The first-order chi connectivity index (χ1) is 9.24. The zero-order valence-corrected chi connectivity index (χ0v) is 15.5. The van der Waals surface area contributed by atoms with Crippen molar-refractivity contribution in [1.82, 2.24) is 10.6 Å². The standard InChI is InChI=1S/C15H19N3O.U/c16-7-10-5-13-14(6-12(10)17-13)18-15(19)11-4-8-1-2-9(11)3-8;/h1-2,6,8-14,16-17H,3-5H2,(H,18,19);/q-2;+2. The second-order valence-electron chi connectivity index (χ2n) is 6.40. The van der Waals surface area contributed by atoms with Crippen LogP contribution in [-0.4, -0.2) is 30.2 Å². The third-order valence-electron chi connectivity index (χ3n) is 5.31. The fourth-order valence-electron chi connectivity index (χ4n) is 4.30. The van der Waals surface area contributed by atoms with Crippen molar-refractivity contribution < 1.29 is 35.9 Å². The van der Waals surface area contributed by atoms with Gasteiger partial charge in [-0.05, 0) is 30.7 Å². The van der Waals surface area contributed by atoms with Gasteiger partial charge in [-0.2, -0.15) is 5.92 Å². The number of carbonyl (C=O) groups is 1. The Morgan fingerprint density at radius 3 is 2.75 bits per heavy atom. The first-order valence-corrected chi connectivity index (χ1v) is 7.26. The maximum absolute atomic E-state index is 12.4. The molecule has 0 spiro atoms. The molecule has 20 heavy (non-hydrogen) atoms. The number of allylic oxidation sites excluding steroid dienone is 2. The number of rotatable bonds is 3. The molecule has 1 saturated carbocycles. The molecule has 0 radical (unpaired) electrons. The minimum Gasteiger partial charge on any atom is -0.518 e. The average Bonchev–Trinajstić information content (AvgIpc) is 3.17. The van der Waals surface area contributed by atoms with Crippen LogP contribution >= 0.6 is 0 Å². The van der Waals surface area contributed by atoms with Crippen LogP contribution in [0, 0.1) is 66.6 Å². The van der Waals surface area contributed by atoms with Crippen molar-refractivity contribution in [2.75, 3.05) is 0 Å². The maximum Gasteiger partial charge on any atom is 2.00 e. The van der Waals surface area contributed by atoms with Crippen LogP contribution in [0.2, 0.25) is 0 Å². The molecular weight excluding hydrogens is 476 g/mol. The first kappa shape index (κ1) is 14.8. The number of amides is 1. The summed E-state index contributed by atoms with van der Waals surface area (Å²) in [4.78, 5) is 12.4. The van der Waals surface area contributed by atoms with Gasteiger partial charge in [-0.3, -0.25) is 11.2 Å². The van der Waals surface area contributed by atoms with Crippen molar-refractivity contribution in [3.05, 3.63) is 18.6 Å². The van der Waals surface area contributed by atoms with Crippen molar-refractivity contribution in [2.24, 2.45) is 23.7 Å². The zero-order valence-electron chi connectivity index (χ0n) is 11.3. The molecule has 0 aromatic rings. The second-order valence-corrected chi connectivity index (χ2v) is 6.40. The molecule has 7 atom stereocenters. The number of hydrogen-bond donors (Lipinski definition) is 3. The Bertz CT molecular complexity index is 452. The minimum atomic E-state index is 0. The number of nitrogens with one attached hydrogen (secondary N) is 3. The molecule has 2 heterocycles. The molecule has 4 bridgehead atoms. The molecule has 4 nitrogen and oxygen atoms in total. The summed E-state index contributed by atoms with van der Waals surface area (Å²) in [7, 11) is 0. The Kier molecular flexibility index (Phi) is 4.14. The number of carbonyl (C=O) groups excluding carboxylic acids is 1. The quantitative estimate of drug-likeness (QED) is 0.308. The summed E-state index contributed by atoms with van der Waals surface area (Å²) in [5.74, 6) is 1.72. The van der Waals surface area contributed by atoms with E-state index in [2.05, 4.69) is 35.4 Å². The molecule has 0 aromatic carbocycles. The van der Waals surface area contributed by atoms with Crippen LogP contribution in [0.25, 0.3) is 0 Å². The first-order valence-electron chi connectivity index (χ1n) is 7.26. The van der Waals surface area contributed by atoms with Gasteiger partial charge in [0.15, 0.2) is 0 Å². The molecule has 0 aromatic heterocycles. The van der Waals surface area contributed by atoms with Crippen LogP contribution in [0.4, 0.5) is 0 Å². The van der Waals surface area contributed by atoms with Gasteiger partial charge >= 0.3 is 31.1 Å². The predicted molar refractivity (Wildman–Crippen MR) is 71.6 cm³/mol. The van der Waals surface area contributed by atoms with Crippen molar-refractivity contribution in [2.45, 2.75) is 37.4 Å². The van der Waals surface area contributed by atoms with E-state index in [9.17, 15) is 4.79 Å². The van der Waals surface area contributed by atoms with E-state index in [0.29, 0.717) is 17.9 Å². The van der Waals surface area contributed by atoms with Gasteiger partial charge in [0.1, 0.15) is 0 Å². The van der Waals surface area contributed by atoms with Crippen LogP contribution < -0.4 is 10.6 Å². The molecule has 7 unspecified atom stereocenters. The summed E-state index contributed by atoms with van der Waals surface area (Å²) in [5.41, 5.74) is 0. The summed E-state index contributed by atoms with van der Waals surface area (Å²) in [5, 5.41) is 13.9. The van der Waals surface area contributed by atoms with E-state index in [1.54, 1.807) is 0 Å². The molecule has 4 rings (SSSR count). The molecule has 2 saturated heterocycles. The minimum absolute atomic E-state index is 0. The van der Waals surface area contributed by atoms with Crippen LogP contribution in [-0.2, 0) is 4.79 Å². The maximum atomic E-state index is 12.4. The van der Waals surface area contributed by atoms with Crippen LogP contribution in [0.5, 0.6) is 0 Å². The normalized spacial score (nSPS) is 47.3. The Labute approximate surface area is 143 Å². The van der Waals surface area contributed by atoms with E-state index in [4.69, 9.17) is 5.41 Å². The van der Waals surface area contributed by atoms with E-state index in [0.717, 1.165) is 12.8 Å². The molecule has 1 amide bonds. The summed E-state index contributed by atoms with van der Waals surface area (Å²) in [6.45, 7) is 0. The molecule has 4 aliphatic rings.